The van der Waals surface area contributed by atoms with E-state index in [4.69, 9.17) is 0 Å². The smallest absolute Gasteiger partial charge is 0.0342 e. The van der Waals surface area contributed by atoms with E-state index in [0.717, 1.165) is 5.92 Å². The Bertz CT molecular complexity index is 409. The summed E-state index contributed by atoms with van der Waals surface area (Å²) in [6, 6.07) is 11.3. The fourth-order valence-electron chi connectivity index (χ4n) is 4.16. The summed E-state index contributed by atoms with van der Waals surface area (Å²) >= 11 is 0. The van der Waals surface area contributed by atoms with Crippen molar-refractivity contribution in [2.75, 3.05) is 5.32 Å². The van der Waals surface area contributed by atoms with Gasteiger partial charge >= 0.3 is 0 Å². The minimum absolute atomic E-state index is 0.466. The molecule has 1 aromatic rings. The van der Waals surface area contributed by atoms with Crippen molar-refractivity contribution in [2.24, 2.45) is 16.7 Å². The van der Waals surface area contributed by atoms with Gasteiger partial charge < -0.3 is 5.32 Å². The molecule has 2 aliphatic carbocycles. The SMILES string of the molecule is CC1(C)[C@H]2CC[C@@]1(C)[C@H](Nc1ccccc1)C2. The van der Waals surface area contributed by atoms with Crippen molar-refractivity contribution >= 4 is 5.69 Å². The molecular formula is C16H23N. The Balaban J connectivity index is 1.83. The average molecular weight is 229 g/mol. The third kappa shape index (κ3) is 1.44. The standard InChI is InChI=1S/C16H23N/c1-15(2)12-9-10-16(15,3)14(11-12)17-13-7-5-4-6-8-13/h4-8,12,14,17H,9-11H2,1-3H3/t12-,14+,16-/m0/s1. The summed E-state index contributed by atoms with van der Waals surface area (Å²) in [4.78, 5) is 0. The fraction of sp³-hybridized carbons (Fsp3) is 0.625. The fourth-order valence-corrected chi connectivity index (χ4v) is 4.16. The summed E-state index contributed by atoms with van der Waals surface area (Å²) in [6.07, 6.45) is 4.16. The summed E-state index contributed by atoms with van der Waals surface area (Å²) in [6.45, 7) is 7.43. The highest BCUT2D eigenvalue weighted by Crippen LogP contribution is 2.65. The molecule has 92 valence electrons. The Morgan fingerprint density at radius 3 is 2.35 bits per heavy atom. The van der Waals surface area contributed by atoms with Gasteiger partial charge in [-0.1, -0.05) is 39.0 Å². The molecule has 0 spiro atoms. The van der Waals surface area contributed by atoms with Crippen LogP contribution in [-0.4, -0.2) is 6.04 Å². The first-order valence-electron chi connectivity index (χ1n) is 6.86. The van der Waals surface area contributed by atoms with Crippen LogP contribution in [0.3, 0.4) is 0 Å². The molecule has 2 bridgehead atoms. The minimum atomic E-state index is 0.466. The lowest BCUT2D eigenvalue weighted by Crippen LogP contribution is -2.40. The van der Waals surface area contributed by atoms with Crippen LogP contribution in [0.15, 0.2) is 30.3 Å². The molecule has 0 unspecified atom stereocenters. The maximum Gasteiger partial charge on any atom is 0.0342 e. The molecule has 1 N–H and O–H groups in total. The van der Waals surface area contributed by atoms with Crippen LogP contribution in [0.1, 0.15) is 40.0 Å². The van der Waals surface area contributed by atoms with Crippen LogP contribution in [0.2, 0.25) is 0 Å². The van der Waals surface area contributed by atoms with Gasteiger partial charge in [-0.3, -0.25) is 0 Å². The second kappa shape index (κ2) is 3.51. The Hall–Kier alpha value is -0.980. The first kappa shape index (κ1) is 11.1. The van der Waals surface area contributed by atoms with Crippen molar-refractivity contribution in [3.05, 3.63) is 30.3 Å². The number of fused-ring (bicyclic) bond motifs is 2. The van der Waals surface area contributed by atoms with Crippen LogP contribution in [0.4, 0.5) is 5.69 Å². The van der Waals surface area contributed by atoms with Gasteiger partial charge in [0.1, 0.15) is 0 Å². The van der Waals surface area contributed by atoms with Crippen molar-refractivity contribution in [1.29, 1.82) is 0 Å². The third-order valence-corrected chi connectivity index (χ3v) is 5.91. The van der Waals surface area contributed by atoms with Crippen molar-refractivity contribution in [2.45, 2.75) is 46.1 Å². The van der Waals surface area contributed by atoms with E-state index in [9.17, 15) is 0 Å². The van der Waals surface area contributed by atoms with Gasteiger partial charge in [-0.15, -0.1) is 0 Å². The van der Waals surface area contributed by atoms with Gasteiger partial charge in [0, 0.05) is 11.7 Å². The molecular weight excluding hydrogens is 206 g/mol. The predicted molar refractivity (Wildman–Crippen MR) is 73.1 cm³/mol. The summed E-state index contributed by atoms with van der Waals surface area (Å²) in [7, 11) is 0. The average Bonchev–Trinajstić information content (AvgIpc) is 2.63. The highest BCUT2D eigenvalue weighted by molar-refractivity contribution is 5.45. The first-order chi connectivity index (χ1) is 8.04. The molecule has 2 aliphatic rings. The minimum Gasteiger partial charge on any atom is -0.382 e. The molecule has 0 saturated heterocycles. The summed E-state index contributed by atoms with van der Waals surface area (Å²) in [5, 5.41) is 3.77. The van der Waals surface area contributed by atoms with E-state index in [1.54, 1.807) is 0 Å². The van der Waals surface area contributed by atoms with Crippen LogP contribution in [0.25, 0.3) is 0 Å². The molecule has 1 heteroatoms. The van der Waals surface area contributed by atoms with Crippen LogP contribution < -0.4 is 5.32 Å². The second-order valence-electron chi connectivity index (χ2n) is 6.67. The van der Waals surface area contributed by atoms with Gasteiger partial charge in [0.25, 0.3) is 0 Å². The van der Waals surface area contributed by atoms with E-state index in [0.29, 0.717) is 16.9 Å². The van der Waals surface area contributed by atoms with Gasteiger partial charge in [0.05, 0.1) is 0 Å². The van der Waals surface area contributed by atoms with Crippen molar-refractivity contribution in [3.8, 4) is 0 Å². The molecule has 3 atom stereocenters. The molecule has 1 nitrogen and oxygen atoms in total. The van der Waals surface area contributed by atoms with Gasteiger partial charge in [-0.2, -0.15) is 0 Å². The molecule has 0 heterocycles. The molecule has 2 fully saturated rings. The highest BCUT2D eigenvalue weighted by Gasteiger charge is 2.61. The zero-order valence-corrected chi connectivity index (χ0v) is 11.2. The Morgan fingerprint density at radius 2 is 1.82 bits per heavy atom. The maximum absolute atomic E-state index is 3.77. The lowest BCUT2D eigenvalue weighted by atomic mass is 9.69. The number of nitrogens with one attached hydrogen (secondary N) is 1. The summed E-state index contributed by atoms with van der Waals surface area (Å²) in [5.41, 5.74) is 2.24. The lowest BCUT2D eigenvalue weighted by molar-refractivity contribution is 0.142. The quantitative estimate of drug-likeness (QED) is 0.796. The zero-order valence-electron chi connectivity index (χ0n) is 11.2. The van der Waals surface area contributed by atoms with E-state index in [-0.39, 0.29) is 0 Å². The van der Waals surface area contributed by atoms with E-state index in [1.807, 2.05) is 0 Å². The molecule has 1 aromatic carbocycles. The lowest BCUT2D eigenvalue weighted by Gasteiger charge is -2.40. The van der Waals surface area contributed by atoms with Crippen molar-refractivity contribution < 1.29 is 0 Å². The van der Waals surface area contributed by atoms with Gasteiger partial charge in [-0.05, 0) is 48.1 Å². The van der Waals surface area contributed by atoms with E-state index < -0.39 is 0 Å². The predicted octanol–water partition coefficient (Wildman–Crippen LogP) is 4.31. The monoisotopic (exact) mass is 229 g/mol. The Morgan fingerprint density at radius 1 is 1.12 bits per heavy atom. The van der Waals surface area contributed by atoms with E-state index >= 15 is 0 Å². The van der Waals surface area contributed by atoms with Crippen LogP contribution in [0.5, 0.6) is 0 Å². The maximum atomic E-state index is 3.77. The molecule has 0 radical (unpaired) electrons. The van der Waals surface area contributed by atoms with Crippen LogP contribution >= 0.6 is 0 Å². The molecule has 2 saturated carbocycles. The van der Waals surface area contributed by atoms with Gasteiger partial charge in [0.15, 0.2) is 0 Å². The number of hydrogen-bond acceptors (Lipinski definition) is 1. The Kier molecular flexibility index (Phi) is 2.30. The van der Waals surface area contributed by atoms with E-state index in [1.165, 1.54) is 24.9 Å². The molecule has 0 aromatic heterocycles. The number of benzene rings is 1. The third-order valence-electron chi connectivity index (χ3n) is 5.91. The molecule has 0 amide bonds. The largest absolute Gasteiger partial charge is 0.382 e. The van der Waals surface area contributed by atoms with Gasteiger partial charge in [0.2, 0.25) is 0 Å². The molecule has 17 heavy (non-hydrogen) atoms. The highest BCUT2D eigenvalue weighted by atomic mass is 15.0. The zero-order chi connectivity index (χ0) is 12.1. The second-order valence-corrected chi connectivity index (χ2v) is 6.67. The first-order valence-corrected chi connectivity index (χ1v) is 6.86. The van der Waals surface area contributed by atoms with Crippen LogP contribution in [-0.2, 0) is 0 Å². The van der Waals surface area contributed by atoms with Crippen LogP contribution in [0, 0.1) is 16.7 Å². The number of rotatable bonds is 2. The number of hydrogen-bond donors (Lipinski definition) is 1. The van der Waals surface area contributed by atoms with Crippen molar-refractivity contribution in [3.63, 3.8) is 0 Å². The molecule has 0 aliphatic heterocycles. The summed E-state index contributed by atoms with van der Waals surface area (Å²) < 4.78 is 0. The van der Waals surface area contributed by atoms with Crippen molar-refractivity contribution in [1.82, 2.24) is 0 Å². The number of para-hydroxylation sites is 1. The Labute approximate surface area is 105 Å². The molecule has 3 rings (SSSR count). The topological polar surface area (TPSA) is 12.0 Å². The normalized spacial score (nSPS) is 38.3. The van der Waals surface area contributed by atoms with E-state index in [2.05, 4.69) is 56.4 Å². The summed E-state index contributed by atoms with van der Waals surface area (Å²) in [5.74, 6) is 0.911. The van der Waals surface area contributed by atoms with Gasteiger partial charge in [-0.25, -0.2) is 0 Å². The number of anilines is 1.